The third-order valence-corrected chi connectivity index (χ3v) is 6.27. The molecule has 34 heavy (non-hydrogen) atoms. The van der Waals surface area contributed by atoms with E-state index in [0.717, 1.165) is 32.4 Å². The van der Waals surface area contributed by atoms with E-state index in [1.807, 2.05) is 62.4 Å². The molecule has 0 aliphatic rings. The Morgan fingerprint density at radius 2 is 1.59 bits per heavy atom. The molecule has 1 N–H and O–H groups in total. The van der Waals surface area contributed by atoms with Gasteiger partial charge in [-0.2, -0.15) is 5.10 Å². The zero-order valence-electron chi connectivity index (χ0n) is 18.6. The monoisotopic (exact) mass is 470 g/mol. The van der Waals surface area contributed by atoms with Gasteiger partial charge in [-0.05, 0) is 68.4 Å². The van der Waals surface area contributed by atoms with Crippen molar-refractivity contribution in [3.8, 4) is 5.69 Å². The molecule has 1 aromatic heterocycles. The fourth-order valence-corrected chi connectivity index (χ4v) is 4.38. The van der Waals surface area contributed by atoms with Crippen molar-refractivity contribution in [1.29, 1.82) is 0 Å². The first-order chi connectivity index (χ1) is 16.4. The highest BCUT2D eigenvalue weighted by Crippen LogP contribution is 2.30. The van der Waals surface area contributed by atoms with E-state index in [0.29, 0.717) is 5.56 Å². The highest BCUT2D eigenvalue weighted by Gasteiger charge is 2.11. The summed E-state index contributed by atoms with van der Waals surface area (Å²) in [6.45, 7) is 4.03. The number of carbonyl (C=O) groups is 1. The van der Waals surface area contributed by atoms with Gasteiger partial charge in [-0.1, -0.05) is 30.0 Å². The maximum Gasteiger partial charge on any atom is 0.271 e. The highest BCUT2D eigenvalue weighted by atomic mass is 32.2. The molecule has 4 rings (SSSR count). The predicted molar refractivity (Wildman–Crippen MR) is 134 cm³/mol. The van der Waals surface area contributed by atoms with Crippen LogP contribution in [0.5, 0.6) is 0 Å². The van der Waals surface area contributed by atoms with Crippen molar-refractivity contribution in [2.75, 3.05) is 0 Å². The molecular weight excluding hydrogens is 448 g/mol. The van der Waals surface area contributed by atoms with E-state index in [1.165, 1.54) is 12.1 Å². The number of aryl methyl sites for hydroxylation is 1. The topological polar surface area (TPSA) is 89.5 Å². The standard InChI is InChI=1S/C26H22N4O3S/c1-18-16-21(17-27-28-26(31)20-6-4-3-5-7-20)19(2)29(18)22-8-12-24(13-9-22)34-25-14-10-23(11-15-25)30(32)33/h3-17H,1-2H3,(H,28,31)/b27-17+. The van der Waals surface area contributed by atoms with Crippen LogP contribution in [-0.2, 0) is 0 Å². The number of benzene rings is 3. The van der Waals surface area contributed by atoms with Gasteiger partial charge in [0.25, 0.3) is 11.6 Å². The minimum atomic E-state index is -0.402. The number of nitro groups is 1. The summed E-state index contributed by atoms with van der Waals surface area (Å²) in [4.78, 5) is 24.5. The average Bonchev–Trinajstić information content (AvgIpc) is 3.13. The molecule has 0 spiro atoms. The zero-order valence-corrected chi connectivity index (χ0v) is 19.5. The lowest BCUT2D eigenvalue weighted by Crippen LogP contribution is -2.17. The summed E-state index contributed by atoms with van der Waals surface area (Å²) in [6.07, 6.45) is 1.65. The molecule has 0 saturated heterocycles. The lowest BCUT2D eigenvalue weighted by Gasteiger charge is -2.10. The number of rotatable bonds is 7. The Balaban J connectivity index is 1.46. The lowest BCUT2D eigenvalue weighted by molar-refractivity contribution is -0.384. The first-order valence-electron chi connectivity index (χ1n) is 10.5. The van der Waals surface area contributed by atoms with Crippen LogP contribution in [0, 0.1) is 24.0 Å². The van der Waals surface area contributed by atoms with Crippen LogP contribution in [0.2, 0.25) is 0 Å². The molecule has 1 amide bonds. The fourth-order valence-electron chi connectivity index (χ4n) is 3.57. The van der Waals surface area contributed by atoms with Gasteiger partial charge >= 0.3 is 0 Å². The number of amides is 1. The molecule has 7 nitrogen and oxygen atoms in total. The Labute approximate surface area is 201 Å². The summed E-state index contributed by atoms with van der Waals surface area (Å²) in [5.74, 6) is -0.258. The Kier molecular flexibility index (Phi) is 6.89. The molecule has 170 valence electrons. The number of carbonyl (C=O) groups excluding carboxylic acids is 1. The molecule has 0 aliphatic heterocycles. The Hall–Kier alpha value is -4.17. The van der Waals surface area contributed by atoms with Gasteiger partial charge in [0, 0.05) is 50.1 Å². The van der Waals surface area contributed by atoms with Crippen molar-refractivity contribution < 1.29 is 9.72 Å². The smallest absolute Gasteiger partial charge is 0.271 e. The van der Waals surface area contributed by atoms with Crippen molar-refractivity contribution in [2.24, 2.45) is 5.10 Å². The van der Waals surface area contributed by atoms with Crippen LogP contribution >= 0.6 is 11.8 Å². The summed E-state index contributed by atoms with van der Waals surface area (Å²) in [5, 5.41) is 14.9. The lowest BCUT2D eigenvalue weighted by atomic mass is 10.2. The minimum Gasteiger partial charge on any atom is -0.318 e. The van der Waals surface area contributed by atoms with Crippen LogP contribution in [0.3, 0.4) is 0 Å². The van der Waals surface area contributed by atoms with E-state index >= 15 is 0 Å². The molecule has 3 aromatic carbocycles. The number of non-ortho nitro benzene ring substituents is 1. The SMILES string of the molecule is Cc1cc(/C=N/NC(=O)c2ccccc2)c(C)n1-c1ccc(Sc2ccc([N+](=O)[O-])cc2)cc1. The van der Waals surface area contributed by atoms with Crippen LogP contribution in [0.1, 0.15) is 27.3 Å². The van der Waals surface area contributed by atoms with E-state index < -0.39 is 4.92 Å². The minimum absolute atomic E-state index is 0.0808. The number of hydrazone groups is 1. The van der Waals surface area contributed by atoms with Gasteiger partial charge < -0.3 is 4.57 Å². The van der Waals surface area contributed by atoms with Gasteiger partial charge in [0.2, 0.25) is 0 Å². The Bertz CT molecular complexity index is 1350. The van der Waals surface area contributed by atoms with Crippen LogP contribution in [-0.4, -0.2) is 21.6 Å². The molecule has 0 atom stereocenters. The van der Waals surface area contributed by atoms with Crippen molar-refractivity contribution in [1.82, 2.24) is 9.99 Å². The van der Waals surface area contributed by atoms with E-state index in [9.17, 15) is 14.9 Å². The van der Waals surface area contributed by atoms with Crippen molar-refractivity contribution in [2.45, 2.75) is 23.6 Å². The first kappa shape index (κ1) is 23.0. The molecule has 0 unspecified atom stereocenters. The summed E-state index contributed by atoms with van der Waals surface area (Å²) in [6, 6.07) is 25.6. The number of nitrogens with one attached hydrogen (secondary N) is 1. The second kappa shape index (κ2) is 10.2. The Morgan fingerprint density at radius 1 is 0.971 bits per heavy atom. The number of nitrogens with zero attached hydrogens (tertiary/aromatic N) is 3. The van der Waals surface area contributed by atoms with Crippen LogP contribution in [0.15, 0.2) is 99.8 Å². The quantitative estimate of drug-likeness (QED) is 0.206. The van der Waals surface area contributed by atoms with Gasteiger partial charge in [0.15, 0.2) is 0 Å². The molecule has 1 heterocycles. The van der Waals surface area contributed by atoms with E-state index in [1.54, 1.807) is 42.2 Å². The molecule has 0 radical (unpaired) electrons. The molecule has 0 saturated carbocycles. The number of hydrogen-bond acceptors (Lipinski definition) is 5. The van der Waals surface area contributed by atoms with Crippen LogP contribution in [0.4, 0.5) is 5.69 Å². The number of hydrogen-bond donors (Lipinski definition) is 1. The van der Waals surface area contributed by atoms with Crippen molar-refractivity contribution in [3.63, 3.8) is 0 Å². The second-order valence-corrected chi connectivity index (χ2v) is 8.72. The fraction of sp³-hybridized carbons (Fsp3) is 0.0769. The Morgan fingerprint density at radius 3 is 2.21 bits per heavy atom. The van der Waals surface area contributed by atoms with Gasteiger partial charge in [0.1, 0.15) is 0 Å². The number of aromatic nitrogens is 1. The van der Waals surface area contributed by atoms with Crippen molar-refractivity contribution >= 4 is 29.6 Å². The largest absolute Gasteiger partial charge is 0.318 e. The summed E-state index contributed by atoms with van der Waals surface area (Å²) < 4.78 is 2.13. The molecule has 0 fully saturated rings. The van der Waals surface area contributed by atoms with Gasteiger partial charge in [0.05, 0.1) is 11.1 Å². The molecule has 0 aliphatic carbocycles. The predicted octanol–water partition coefficient (Wildman–Crippen LogP) is 5.92. The maximum atomic E-state index is 12.2. The van der Waals surface area contributed by atoms with Crippen LogP contribution in [0.25, 0.3) is 5.69 Å². The van der Waals surface area contributed by atoms with E-state index in [-0.39, 0.29) is 11.6 Å². The first-order valence-corrected chi connectivity index (χ1v) is 11.3. The van der Waals surface area contributed by atoms with Gasteiger partial charge in [-0.25, -0.2) is 5.43 Å². The van der Waals surface area contributed by atoms with E-state index in [4.69, 9.17) is 0 Å². The van der Waals surface area contributed by atoms with Gasteiger partial charge in [-0.3, -0.25) is 14.9 Å². The molecule has 0 bridgehead atoms. The second-order valence-electron chi connectivity index (χ2n) is 7.57. The average molecular weight is 471 g/mol. The summed E-state index contributed by atoms with van der Waals surface area (Å²) in [5.41, 5.74) is 7.17. The molecular formula is C26H22N4O3S. The summed E-state index contributed by atoms with van der Waals surface area (Å²) in [7, 11) is 0. The highest BCUT2D eigenvalue weighted by molar-refractivity contribution is 7.99. The zero-order chi connectivity index (χ0) is 24.1. The van der Waals surface area contributed by atoms with E-state index in [2.05, 4.69) is 15.1 Å². The molecule has 8 heteroatoms. The number of nitro benzene ring substituents is 1. The third-order valence-electron chi connectivity index (χ3n) is 5.25. The summed E-state index contributed by atoms with van der Waals surface area (Å²) >= 11 is 1.54. The normalized spacial score (nSPS) is 11.0. The van der Waals surface area contributed by atoms with Crippen LogP contribution < -0.4 is 5.43 Å². The third kappa shape index (κ3) is 5.24. The maximum absolute atomic E-state index is 12.2. The molecule has 4 aromatic rings. The van der Waals surface area contributed by atoms with Crippen molar-refractivity contribution in [3.05, 3.63) is 118 Å². The van der Waals surface area contributed by atoms with Gasteiger partial charge in [-0.15, -0.1) is 0 Å².